The molecule has 0 amide bonds. The molecule has 0 radical (unpaired) electrons. The van der Waals surface area contributed by atoms with Crippen LogP contribution in [0.3, 0.4) is 0 Å². The third-order valence-electron chi connectivity index (χ3n) is 2.61. The largest absolute Gasteiger partial charge is 0.481 e. The van der Waals surface area contributed by atoms with Crippen LogP contribution in [0.25, 0.3) is 0 Å². The number of hydrogen-bond donors (Lipinski definition) is 1. The molecule has 1 N–H and O–H groups in total. The maximum atomic E-state index is 12.0. The van der Waals surface area contributed by atoms with Crippen molar-refractivity contribution >= 4 is 23.4 Å². The molecule has 0 bridgehead atoms. The summed E-state index contributed by atoms with van der Waals surface area (Å²) in [7, 11) is 0. The zero-order valence-corrected chi connectivity index (χ0v) is 10.4. The summed E-state index contributed by atoms with van der Waals surface area (Å²) < 4.78 is 0. The first-order valence-electron chi connectivity index (χ1n) is 5.52. The number of benzene rings is 1. The van der Waals surface area contributed by atoms with Crippen LogP contribution in [0.5, 0.6) is 0 Å². The fourth-order valence-corrected chi connectivity index (χ4v) is 1.72. The molecule has 1 rings (SSSR count). The molecule has 0 aliphatic heterocycles. The standard InChI is InChI=1S/C13H15ClO3/c1-2-10(14)8-11(13(16)17)12(15)9-6-4-3-5-7-9/h3-7,10-11H,2,8H2,1H3,(H,16,17). The second-order valence-corrected chi connectivity index (χ2v) is 4.48. The molecule has 0 saturated carbocycles. The molecule has 0 spiro atoms. The van der Waals surface area contributed by atoms with E-state index < -0.39 is 11.9 Å². The van der Waals surface area contributed by atoms with Crippen LogP contribution in [0.1, 0.15) is 30.1 Å². The highest BCUT2D eigenvalue weighted by molar-refractivity contribution is 6.21. The van der Waals surface area contributed by atoms with Gasteiger partial charge in [-0.3, -0.25) is 9.59 Å². The summed E-state index contributed by atoms with van der Waals surface area (Å²) in [5, 5.41) is 8.78. The highest BCUT2D eigenvalue weighted by Gasteiger charge is 2.28. The first-order valence-corrected chi connectivity index (χ1v) is 5.96. The van der Waals surface area contributed by atoms with Crippen LogP contribution >= 0.6 is 11.6 Å². The molecule has 0 aromatic heterocycles. The SMILES string of the molecule is CCC(Cl)CC(C(=O)O)C(=O)c1ccccc1. The average molecular weight is 255 g/mol. The van der Waals surface area contributed by atoms with Gasteiger partial charge in [0, 0.05) is 10.9 Å². The zero-order chi connectivity index (χ0) is 12.8. The van der Waals surface area contributed by atoms with E-state index >= 15 is 0 Å². The van der Waals surface area contributed by atoms with Gasteiger partial charge in [-0.15, -0.1) is 11.6 Å². The number of ketones is 1. The Kier molecular flexibility index (Phi) is 5.16. The van der Waals surface area contributed by atoms with Crippen molar-refractivity contribution in [2.24, 2.45) is 5.92 Å². The van der Waals surface area contributed by atoms with E-state index in [1.807, 2.05) is 6.92 Å². The Morgan fingerprint density at radius 2 is 1.88 bits per heavy atom. The molecule has 0 aliphatic rings. The van der Waals surface area contributed by atoms with Crippen LogP contribution in [-0.4, -0.2) is 22.2 Å². The quantitative estimate of drug-likeness (QED) is 0.482. The molecule has 0 saturated heterocycles. The van der Waals surface area contributed by atoms with Crippen LogP contribution in [0.2, 0.25) is 0 Å². The normalized spacial score (nSPS) is 14.0. The van der Waals surface area contributed by atoms with Gasteiger partial charge in [0.15, 0.2) is 5.78 Å². The maximum absolute atomic E-state index is 12.0. The number of Topliss-reactive ketones (excluding diaryl/α,β-unsaturated/α-hetero) is 1. The highest BCUT2D eigenvalue weighted by atomic mass is 35.5. The molecule has 1 aromatic rings. The van der Waals surface area contributed by atoms with Crippen molar-refractivity contribution in [1.82, 2.24) is 0 Å². The van der Waals surface area contributed by atoms with Gasteiger partial charge in [0.1, 0.15) is 5.92 Å². The number of alkyl halides is 1. The van der Waals surface area contributed by atoms with Crippen LogP contribution in [0.15, 0.2) is 30.3 Å². The number of hydrogen-bond acceptors (Lipinski definition) is 2. The second-order valence-electron chi connectivity index (χ2n) is 3.86. The predicted octanol–water partition coefficient (Wildman–Crippen LogP) is 2.98. The van der Waals surface area contributed by atoms with Crippen molar-refractivity contribution in [2.75, 3.05) is 0 Å². The van der Waals surface area contributed by atoms with Gasteiger partial charge >= 0.3 is 5.97 Å². The first kappa shape index (κ1) is 13.7. The number of carbonyl (C=O) groups is 2. The van der Waals surface area contributed by atoms with Crippen LogP contribution < -0.4 is 0 Å². The Labute approximate surface area is 105 Å². The summed E-state index contributed by atoms with van der Waals surface area (Å²) in [5.41, 5.74) is 0.417. The molecule has 17 heavy (non-hydrogen) atoms. The molecule has 4 heteroatoms. The van der Waals surface area contributed by atoms with Gasteiger partial charge in [0.2, 0.25) is 0 Å². The monoisotopic (exact) mass is 254 g/mol. The predicted molar refractivity (Wildman–Crippen MR) is 66.4 cm³/mol. The van der Waals surface area contributed by atoms with Crippen molar-refractivity contribution in [3.05, 3.63) is 35.9 Å². The summed E-state index contributed by atoms with van der Waals surface area (Å²) in [6.45, 7) is 1.86. The molecule has 0 heterocycles. The van der Waals surface area contributed by atoms with Crippen LogP contribution in [0, 0.1) is 5.92 Å². The minimum absolute atomic E-state index is 0.168. The first-order chi connectivity index (χ1) is 8.06. The Bertz CT molecular complexity index is 389. The summed E-state index contributed by atoms with van der Waals surface area (Å²) >= 11 is 5.92. The van der Waals surface area contributed by atoms with E-state index in [1.165, 1.54) is 0 Å². The maximum Gasteiger partial charge on any atom is 0.314 e. The number of carboxylic acids is 1. The van der Waals surface area contributed by atoms with E-state index in [4.69, 9.17) is 16.7 Å². The van der Waals surface area contributed by atoms with Gasteiger partial charge in [0.25, 0.3) is 0 Å². The number of rotatable bonds is 6. The molecule has 0 aliphatic carbocycles. The Balaban J connectivity index is 2.85. The van der Waals surface area contributed by atoms with Gasteiger partial charge < -0.3 is 5.11 Å². The lowest BCUT2D eigenvalue weighted by Gasteiger charge is -2.14. The number of carbonyl (C=O) groups excluding carboxylic acids is 1. The molecular formula is C13H15ClO3. The fraction of sp³-hybridized carbons (Fsp3) is 0.385. The molecule has 0 fully saturated rings. The van der Waals surface area contributed by atoms with Crippen LogP contribution in [0.4, 0.5) is 0 Å². The van der Waals surface area contributed by atoms with Crippen molar-refractivity contribution in [2.45, 2.75) is 25.1 Å². The van der Waals surface area contributed by atoms with Crippen molar-refractivity contribution in [3.8, 4) is 0 Å². The van der Waals surface area contributed by atoms with Crippen molar-refractivity contribution in [3.63, 3.8) is 0 Å². The van der Waals surface area contributed by atoms with E-state index in [9.17, 15) is 9.59 Å². The highest BCUT2D eigenvalue weighted by Crippen LogP contribution is 2.19. The number of aliphatic carboxylic acids is 1. The molecule has 2 atom stereocenters. The lowest BCUT2D eigenvalue weighted by molar-refractivity contribution is -0.140. The van der Waals surface area contributed by atoms with E-state index in [1.54, 1.807) is 30.3 Å². The topological polar surface area (TPSA) is 54.4 Å². The summed E-state index contributed by atoms with van der Waals surface area (Å²) in [4.78, 5) is 23.1. The van der Waals surface area contributed by atoms with Crippen molar-refractivity contribution in [1.29, 1.82) is 0 Å². The summed E-state index contributed by atoms with van der Waals surface area (Å²) in [5.74, 6) is -2.55. The summed E-state index contributed by atoms with van der Waals surface area (Å²) in [6.07, 6.45) is 0.814. The van der Waals surface area contributed by atoms with E-state index in [2.05, 4.69) is 0 Å². The molecule has 92 valence electrons. The lowest BCUT2D eigenvalue weighted by atomic mass is 9.93. The lowest BCUT2D eigenvalue weighted by Crippen LogP contribution is -2.26. The van der Waals surface area contributed by atoms with E-state index in [-0.39, 0.29) is 17.6 Å². The summed E-state index contributed by atoms with van der Waals surface area (Å²) in [6, 6.07) is 8.44. The Morgan fingerprint density at radius 1 is 1.29 bits per heavy atom. The number of carboxylic acid groups (broad SMARTS) is 1. The Hall–Kier alpha value is -1.35. The molecule has 1 aromatic carbocycles. The van der Waals surface area contributed by atoms with Gasteiger partial charge in [-0.05, 0) is 12.8 Å². The number of halogens is 1. The fourth-order valence-electron chi connectivity index (χ4n) is 1.55. The van der Waals surface area contributed by atoms with E-state index in [0.29, 0.717) is 12.0 Å². The third kappa shape index (κ3) is 3.86. The van der Waals surface area contributed by atoms with E-state index in [0.717, 1.165) is 0 Å². The molecule has 2 unspecified atom stereocenters. The minimum Gasteiger partial charge on any atom is -0.481 e. The van der Waals surface area contributed by atoms with Crippen LogP contribution in [-0.2, 0) is 4.79 Å². The van der Waals surface area contributed by atoms with Crippen molar-refractivity contribution < 1.29 is 14.7 Å². The second kappa shape index (κ2) is 6.40. The molecule has 3 nitrogen and oxygen atoms in total. The Morgan fingerprint density at radius 3 is 2.35 bits per heavy atom. The minimum atomic E-state index is -1.11. The van der Waals surface area contributed by atoms with Gasteiger partial charge in [-0.25, -0.2) is 0 Å². The third-order valence-corrected chi connectivity index (χ3v) is 3.09. The smallest absolute Gasteiger partial charge is 0.314 e. The van der Waals surface area contributed by atoms with Gasteiger partial charge in [-0.1, -0.05) is 37.3 Å². The average Bonchev–Trinajstić information content (AvgIpc) is 2.35. The van der Waals surface area contributed by atoms with Gasteiger partial charge in [0.05, 0.1) is 0 Å². The molecular weight excluding hydrogens is 240 g/mol. The van der Waals surface area contributed by atoms with Gasteiger partial charge in [-0.2, -0.15) is 0 Å². The zero-order valence-electron chi connectivity index (χ0n) is 9.60.